The maximum absolute atomic E-state index is 11.9. The van der Waals surface area contributed by atoms with E-state index in [0.717, 1.165) is 40.9 Å². The lowest BCUT2D eigenvalue weighted by molar-refractivity contribution is -0.113. The third-order valence-corrected chi connectivity index (χ3v) is 4.63. The number of oxazole rings is 1. The predicted octanol–water partition coefficient (Wildman–Crippen LogP) is 4.97. The first-order chi connectivity index (χ1) is 11.8. The Morgan fingerprint density at radius 1 is 1.17 bits per heavy atom. The molecule has 0 unspecified atom stereocenters. The molecule has 1 aromatic heterocycles. The van der Waals surface area contributed by atoms with Crippen LogP contribution in [0.2, 0.25) is 0 Å². The second-order valence-corrected chi connectivity index (χ2v) is 6.62. The fraction of sp³-hybridized carbons (Fsp3) is 0.263. The summed E-state index contributed by atoms with van der Waals surface area (Å²) in [5.74, 6) is 2.14. The zero-order valence-electron chi connectivity index (χ0n) is 13.6. The Balaban J connectivity index is 1.61. The maximum atomic E-state index is 11.9. The minimum Gasteiger partial charge on any atom is -0.436 e. The summed E-state index contributed by atoms with van der Waals surface area (Å²) in [5.41, 5.74) is 3.29. The van der Waals surface area contributed by atoms with Crippen LogP contribution in [0.25, 0.3) is 22.6 Å². The average Bonchev–Trinajstić information content (AvgIpc) is 3.03. The third kappa shape index (κ3) is 4.17. The van der Waals surface area contributed by atoms with E-state index < -0.39 is 0 Å². The van der Waals surface area contributed by atoms with Gasteiger partial charge in [0.25, 0.3) is 0 Å². The Labute approximate surface area is 145 Å². The number of anilines is 1. The molecule has 1 amide bonds. The van der Waals surface area contributed by atoms with Crippen molar-refractivity contribution >= 4 is 34.5 Å². The first kappa shape index (κ1) is 16.6. The fourth-order valence-corrected chi connectivity index (χ4v) is 3.19. The van der Waals surface area contributed by atoms with E-state index in [1.165, 1.54) is 0 Å². The Morgan fingerprint density at radius 2 is 1.96 bits per heavy atom. The van der Waals surface area contributed by atoms with E-state index in [0.29, 0.717) is 11.6 Å². The number of carbonyl (C=O) groups excluding carboxylic acids is 1. The van der Waals surface area contributed by atoms with Gasteiger partial charge >= 0.3 is 0 Å². The molecule has 0 fully saturated rings. The van der Waals surface area contributed by atoms with E-state index in [1.54, 1.807) is 11.8 Å². The second kappa shape index (κ2) is 8.02. The van der Waals surface area contributed by atoms with Crippen molar-refractivity contribution in [1.82, 2.24) is 4.98 Å². The second-order valence-electron chi connectivity index (χ2n) is 5.52. The lowest BCUT2D eigenvalue weighted by Gasteiger charge is -2.05. The highest BCUT2D eigenvalue weighted by molar-refractivity contribution is 7.99. The molecule has 1 N–H and O–H groups in total. The molecule has 0 aliphatic heterocycles. The Hall–Kier alpha value is -2.27. The van der Waals surface area contributed by atoms with Crippen LogP contribution >= 0.6 is 11.8 Å². The van der Waals surface area contributed by atoms with Crippen molar-refractivity contribution < 1.29 is 9.21 Å². The van der Waals surface area contributed by atoms with Gasteiger partial charge in [-0.15, -0.1) is 0 Å². The Morgan fingerprint density at radius 3 is 2.71 bits per heavy atom. The van der Waals surface area contributed by atoms with E-state index in [4.69, 9.17) is 4.42 Å². The van der Waals surface area contributed by atoms with Gasteiger partial charge in [-0.2, -0.15) is 11.8 Å². The van der Waals surface area contributed by atoms with Crippen LogP contribution in [0.1, 0.15) is 19.8 Å². The molecule has 24 heavy (non-hydrogen) atoms. The van der Waals surface area contributed by atoms with E-state index in [9.17, 15) is 4.79 Å². The van der Waals surface area contributed by atoms with Crippen LogP contribution in [0.5, 0.6) is 0 Å². The lowest BCUT2D eigenvalue weighted by atomic mass is 10.2. The molecule has 124 valence electrons. The Kier molecular flexibility index (Phi) is 5.54. The maximum Gasteiger partial charge on any atom is 0.234 e. The Bertz CT molecular complexity index is 779. The summed E-state index contributed by atoms with van der Waals surface area (Å²) < 4.78 is 5.75. The summed E-state index contributed by atoms with van der Waals surface area (Å²) in [6.07, 6.45) is 2.31. The van der Waals surface area contributed by atoms with Crippen molar-refractivity contribution in [3.8, 4) is 11.5 Å². The van der Waals surface area contributed by atoms with Gasteiger partial charge in [0.1, 0.15) is 5.52 Å². The highest BCUT2D eigenvalue weighted by Crippen LogP contribution is 2.25. The standard InChI is InChI=1S/C19H20N2O2S/c1-2-3-12-24-13-18(22)20-15-10-8-14(9-11-15)19-21-16-6-4-5-7-17(16)23-19/h4-11H,2-3,12-13H2,1H3,(H,20,22). The van der Waals surface area contributed by atoms with Gasteiger partial charge in [-0.3, -0.25) is 4.79 Å². The number of nitrogens with one attached hydrogen (secondary N) is 1. The summed E-state index contributed by atoms with van der Waals surface area (Å²) >= 11 is 1.67. The summed E-state index contributed by atoms with van der Waals surface area (Å²) in [5, 5.41) is 2.91. The zero-order valence-corrected chi connectivity index (χ0v) is 14.4. The first-order valence-electron chi connectivity index (χ1n) is 8.10. The summed E-state index contributed by atoms with van der Waals surface area (Å²) in [7, 11) is 0. The number of rotatable bonds is 7. The van der Waals surface area contributed by atoms with Crippen molar-refractivity contribution in [2.75, 3.05) is 16.8 Å². The molecule has 4 nitrogen and oxygen atoms in total. The molecule has 2 aromatic carbocycles. The van der Waals surface area contributed by atoms with Crippen LogP contribution in [0.4, 0.5) is 5.69 Å². The zero-order chi connectivity index (χ0) is 16.8. The van der Waals surface area contributed by atoms with Gasteiger partial charge in [0.2, 0.25) is 11.8 Å². The molecule has 0 aliphatic carbocycles. The van der Waals surface area contributed by atoms with Crippen LogP contribution in [-0.4, -0.2) is 22.4 Å². The normalized spacial score (nSPS) is 10.9. The smallest absolute Gasteiger partial charge is 0.234 e. The number of fused-ring (bicyclic) bond motifs is 1. The van der Waals surface area contributed by atoms with Gasteiger partial charge < -0.3 is 9.73 Å². The number of aromatic nitrogens is 1. The van der Waals surface area contributed by atoms with E-state index in [-0.39, 0.29) is 5.91 Å². The molecule has 0 spiro atoms. The monoisotopic (exact) mass is 340 g/mol. The SMILES string of the molecule is CCCCSCC(=O)Nc1ccc(-c2nc3ccccc3o2)cc1. The van der Waals surface area contributed by atoms with Crippen LogP contribution in [-0.2, 0) is 4.79 Å². The summed E-state index contributed by atoms with van der Waals surface area (Å²) in [6, 6.07) is 15.2. The number of amides is 1. The molecule has 3 aromatic rings. The number of thioether (sulfide) groups is 1. The first-order valence-corrected chi connectivity index (χ1v) is 9.25. The van der Waals surface area contributed by atoms with Crippen LogP contribution in [0.15, 0.2) is 52.9 Å². The van der Waals surface area contributed by atoms with E-state index in [2.05, 4.69) is 17.2 Å². The predicted molar refractivity (Wildman–Crippen MR) is 100 cm³/mol. The molecule has 3 rings (SSSR count). The van der Waals surface area contributed by atoms with Crippen LogP contribution in [0, 0.1) is 0 Å². The number of unbranched alkanes of at least 4 members (excludes halogenated alkanes) is 1. The van der Waals surface area contributed by atoms with Gasteiger partial charge in [-0.25, -0.2) is 4.98 Å². The van der Waals surface area contributed by atoms with Crippen molar-refractivity contribution in [3.63, 3.8) is 0 Å². The molecule has 0 aliphatic rings. The fourth-order valence-electron chi connectivity index (χ4n) is 2.30. The van der Waals surface area contributed by atoms with Crippen molar-refractivity contribution in [2.45, 2.75) is 19.8 Å². The van der Waals surface area contributed by atoms with Gasteiger partial charge in [-0.1, -0.05) is 25.5 Å². The van der Waals surface area contributed by atoms with Gasteiger partial charge in [0, 0.05) is 11.3 Å². The van der Waals surface area contributed by atoms with E-state index in [1.807, 2.05) is 48.5 Å². The lowest BCUT2D eigenvalue weighted by Crippen LogP contribution is -2.14. The average molecular weight is 340 g/mol. The highest BCUT2D eigenvalue weighted by Gasteiger charge is 2.08. The van der Waals surface area contributed by atoms with Crippen molar-refractivity contribution in [2.24, 2.45) is 0 Å². The van der Waals surface area contributed by atoms with Gasteiger partial charge in [0.15, 0.2) is 5.58 Å². The van der Waals surface area contributed by atoms with Gasteiger partial charge in [-0.05, 0) is 48.6 Å². The summed E-state index contributed by atoms with van der Waals surface area (Å²) in [6.45, 7) is 2.15. The number of benzene rings is 2. The molecule has 0 saturated carbocycles. The van der Waals surface area contributed by atoms with Crippen molar-refractivity contribution in [1.29, 1.82) is 0 Å². The number of para-hydroxylation sites is 2. The molecule has 0 saturated heterocycles. The molecule has 5 heteroatoms. The number of carbonyl (C=O) groups is 1. The molecular formula is C19H20N2O2S. The number of hydrogen-bond acceptors (Lipinski definition) is 4. The third-order valence-electron chi connectivity index (χ3n) is 3.58. The molecule has 0 radical (unpaired) electrons. The molecule has 1 heterocycles. The number of hydrogen-bond donors (Lipinski definition) is 1. The van der Waals surface area contributed by atoms with Crippen molar-refractivity contribution in [3.05, 3.63) is 48.5 Å². The largest absolute Gasteiger partial charge is 0.436 e. The minimum atomic E-state index is 0.0331. The number of nitrogens with zero attached hydrogens (tertiary/aromatic N) is 1. The van der Waals surface area contributed by atoms with Crippen LogP contribution < -0.4 is 5.32 Å². The highest BCUT2D eigenvalue weighted by atomic mass is 32.2. The molecular weight excluding hydrogens is 320 g/mol. The topological polar surface area (TPSA) is 55.1 Å². The molecule has 0 atom stereocenters. The molecule has 0 bridgehead atoms. The van der Waals surface area contributed by atoms with E-state index >= 15 is 0 Å². The quantitative estimate of drug-likeness (QED) is 0.617. The minimum absolute atomic E-state index is 0.0331. The van der Waals surface area contributed by atoms with Gasteiger partial charge in [0.05, 0.1) is 5.75 Å². The van der Waals surface area contributed by atoms with Crippen LogP contribution in [0.3, 0.4) is 0 Å². The summed E-state index contributed by atoms with van der Waals surface area (Å²) in [4.78, 5) is 16.4.